The second-order valence-corrected chi connectivity index (χ2v) is 7.60. The molecule has 0 heterocycles. The first-order valence-electron chi connectivity index (χ1n) is 9.75. The van der Waals surface area contributed by atoms with Gasteiger partial charge in [0.2, 0.25) is 0 Å². The van der Waals surface area contributed by atoms with Crippen LogP contribution >= 0.6 is 0 Å². The molecule has 132 valence electrons. The molecular weight excluding hydrogens is 316 g/mol. The molecule has 0 amide bonds. The van der Waals surface area contributed by atoms with Gasteiger partial charge in [-0.15, -0.1) is 0 Å². The lowest BCUT2D eigenvalue weighted by Gasteiger charge is -2.29. The maximum atomic E-state index is 9.03. The Labute approximate surface area is 157 Å². The van der Waals surface area contributed by atoms with Crippen molar-refractivity contribution in [3.63, 3.8) is 0 Å². The SMILES string of the molecule is N#Cc1cccc(CC[C@H]2CCC[C@@H](CCc3cccc(C#N)c3)C2)c1. The molecule has 2 aromatic rings. The van der Waals surface area contributed by atoms with Crippen LogP contribution in [0.2, 0.25) is 0 Å². The highest BCUT2D eigenvalue weighted by molar-refractivity contribution is 5.33. The second-order valence-electron chi connectivity index (χ2n) is 7.60. The molecule has 3 rings (SSSR count). The van der Waals surface area contributed by atoms with Crippen LogP contribution in [0.25, 0.3) is 0 Å². The second kappa shape index (κ2) is 9.21. The molecule has 2 atom stereocenters. The van der Waals surface area contributed by atoms with Crippen molar-refractivity contribution in [2.24, 2.45) is 11.8 Å². The van der Waals surface area contributed by atoms with Gasteiger partial charge in [-0.1, -0.05) is 43.5 Å². The van der Waals surface area contributed by atoms with Gasteiger partial charge in [0.15, 0.2) is 0 Å². The van der Waals surface area contributed by atoms with E-state index in [9.17, 15) is 0 Å². The Morgan fingerprint density at radius 3 is 1.73 bits per heavy atom. The molecule has 0 saturated heterocycles. The fourth-order valence-electron chi connectivity index (χ4n) is 4.26. The van der Waals surface area contributed by atoms with Gasteiger partial charge in [0, 0.05) is 0 Å². The molecule has 0 radical (unpaired) electrons. The summed E-state index contributed by atoms with van der Waals surface area (Å²) >= 11 is 0. The normalized spacial score (nSPS) is 19.5. The average molecular weight is 342 g/mol. The zero-order valence-corrected chi connectivity index (χ0v) is 15.3. The molecule has 0 unspecified atom stereocenters. The Balaban J connectivity index is 1.48. The van der Waals surface area contributed by atoms with E-state index in [-0.39, 0.29) is 0 Å². The molecule has 0 aliphatic heterocycles. The summed E-state index contributed by atoms with van der Waals surface area (Å²) in [5, 5.41) is 18.1. The number of rotatable bonds is 6. The third-order valence-corrected chi connectivity index (χ3v) is 5.69. The largest absolute Gasteiger partial charge is 0.192 e. The van der Waals surface area contributed by atoms with Gasteiger partial charge in [-0.05, 0) is 79.3 Å². The summed E-state index contributed by atoms with van der Waals surface area (Å²) in [6.45, 7) is 0. The Morgan fingerprint density at radius 2 is 1.27 bits per heavy atom. The van der Waals surface area contributed by atoms with E-state index in [2.05, 4.69) is 24.3 Å². The molecule has 0 spiro atoms. The van der Waals surface area contributed by atoms with Gasteiger partial charge in [-0.3, -0.25) is 0 Å². The minimum absolute atomic E-state index is 0.767. The van der Waals surface area contributed by atoms with Gasteiger partial charge in [-0.25, -0.2) is 0 Å². The molecule has 2 aromatic carbocycles. The van der Waals surface area contributed by atoms with Gasteiger partial charge in [0.1, 0.15) is 0 Å². The summed E-state index contributed by atoms with van der Waals surface area (Å²) < 4.78 is 0. The van der Waals surface area contributed by atoms with E-state index in [1.807, 2.05) is 36.4 Å². The van der Waals surface area contributed by atoms with Crippen molar-refractivity contribution in [2.45, 2.75) is 51.4 Å². The first kappa shape index (κ1) is 18.2. The Morgan fingerprint density at radius 1 is 0.769 bits per heavy atom. The van der Waals surface area contributed by atoms with Gasteiger partial charge in [-0.2, -0.15) is 10.5 Å². The van der Waals surface area contributed by atoms with Gasteiger partial charge >= 0.3 is 0 Å². The highest BCUT2D eigenvalue weighted by atomic mass is 14.3. The average Bonchev–Trinajstić information content (AvgIpc) is 2.71. The summed E-state index contributed by atoms with van der Waals surface area (Å²) in [5.74, 6) is 1.62. The lowest BCUT2D eigenvalue weighted by molar-refractivity contribution is 0.244. The van der Waals surface area contributed by atoms with Crippen LogP contribution in [-0.4, -0.2) is 0 Å². The number of aryl methyl sites for hydroxylation is 2. The maximum Gasteiger partial charge on any atom is 0.0991 e. The smallest absolute Gasteiger partial charge is 0.0991 e. The molecule has 1 aliphatic carbocycles. The summed E-state index contributed by atoms with van der Waals surface area (Å²) in [4.78, 5) is 0. The lowest BCUT2D eigenvalue weighted by atomic mass is 9.77. The van der Waals surface area contributed by atoms with Crippen LogP contribution < -0.4 is 0 Å². The molecular formula is C24H26N2. The third kappa shape index (κ3) is 5.21. The van der Waals surface area contributed by atoms with E-state index in [4.69, 9.17) is 10.5 Å². The quantitative estimate of drug-likeness (QED) is 0.666. The Hall–Kier alpha value is -2.58. The molecule has 2 heteroatoms. The molecule has 26 heavy (non-hydrogen) atoms. The van der Waals surface area contributed by atoms with Crippen LogP contribution in [0, 0.1) is 34.5 Å². The van der Waals surface area contributed by atoms with Crippen LogP contribution in [0.5, 0.6) is 0 Å². The van der Waals surface area contributed by atoms with E-state index >= 15 is 0 Å². The first-order chi connectivity index (χ1) is 12.8. The molecule has 0 aromatic heterocycles. The predicted octanol–water partition coefficient (Wildman–Crippen LogP) is 5.80. The van der Waals surface area contributed by atoms with Gasteiger partial charge < -0.3 is 0 Å². The Kier molecular flexibility index (Phi) is 6.45. The minimum atomic E-state index is 0.767. The molecule has 1 fully saturated rings. The zero-order chi connectivity index (χ0) is 18.2. The number of nitriles is 2. The van der Waals surface area contributed by atoms with Crippen LogP contribution in [0.3, 0.4) is 0 Å². The third-order valence-electron chi connectivity index (χ3n) is 5.69. The van der Waals surface area contributed by atoms with Gasteiger partial charge in [0.05, 0.1) is 23.3 Å². The molecule has 1 saturated carbocycles. The van der Waals surface area contributed by atoms with E-state index in [0.717, 1.165) is 35.8 Å². The first-order valence-corrected chi connectivity index (χ1v) is 9.75. The summed E-state index contributed by atoms with van der Waals surface area (Å²) in [5.41, 5.74) is 4.12. The summed E-state index contributed by atoms with van der Waals surface area (Å²) in [7, 11) is 0. The van der Waals surface area contributed by atoms with Crippen molar-refractivity contribution < 1.29 is 0 Å². The number of nitrogens with zero attached hydrogens (tertiary/aromatic N) is 2. The van der Waals surface area contributed by atoms with Crippen molar-refractivity contribution in [3.8, 4) is 12.1 Å². The van der Waals surface area contributed by atoms with E-state index in [1.54, 1.807) is 0 Å². The van der Waals surface area contributed by atoms with E-state index in [1.165, 1.54) is 49.7 Å². The van der Waals surface area contributed by atoms with Crippen LogP contribution in [-0.2, 0) is 12.8 Å². The lowest BCUT2D eigenvalue weighted by Crippen LogP contribution is -2.17. The van der Waals surface area contributed by atoms with Crippen molar-refractivity contribution >= 4 is 0 Å². The summed E-state index contributed by atoms with van der Waals surface area (Å²) in [6.07, 6.45) is 9.98. The van der Waals surface area contributed by atoms with Crippen molar-refractivity contribution in [1.82, 2.24) is 0 Å². The summed E-state index contributed by atoms with van der Waals surface area (Å²) in [6, 6.07) is 20.5. The van der Waals surface area contributed by atoms with E-state index in [0.29, 0.717) is 0 Å². The zero-order valence-electron chi connectivity index (χ0n) is 15.3. The predicted molar refractivity (Wildman–Crippen MR) is 104 cm³/mol. The van der Waals surface area contributed by atoms with Crippen LogP contribution in [0.4, 0.5) is 0 Å². The molecule has 1 aliphatic rings. The number of benzene rings is 2. The molecule has 0 bridgehead atoms. The number of hydrogen-bond donors (Lipinski definition) is 0. The minimum Gasteiger partial charge on any atom is -0.192 e. The number of hydrogen-bond acceptors (Lipinski definition) is 2. The fourth-order valence-corrected chi connectivity index (χ4v) is 4.26. The maximum absolute atomic E-state index is 9.03. The molecule has 0 N–H and O–H groups in total. The highest BCUT2D eigenvalue weighted by Gasteiger charge is 2.21. The highest BCUT2D eigenvalue weighted by Crippen LogP contribution is 2.34. The van der Waals surface area contributed by atoms with Crippen molar-refractivity contribution in [2.75, 3.05) is 0 Å². The topological polar surface area (TPSA) is 47.6 Å². The van der Waals surface area contributed by atoms with Crippen LogP contribution in [0.15, 0.2) is 48.5 Å². The van der Waals surface area contributed by atoms with E-state index < -0.39 is 0 Å². The Bertz CT molecular complexity index is 742. The van der Waals surface area contributed by atoms with Crippen LogP contribution in [0.1, 0.15) is 60.8 Å². The van der Waals surface area contributed by atoms with Gasteiger partial charge in [0.25, 0.3) is 0 Å². The standard InChI is InChI=1S/C24H26N2/c25-17-23-8-2-6-21(15-23)12-10-19-4-1-5-20(14-19)11-13-22-7-3-9-24(16-22)18-26/h2-3,6-9,15-16,19-20H,1,4-5,10-14H2/t19-,20+. The van der Waals surface area contributed by atoms with Crippen molar-refractivity contribution in [1.29, 1.82) is 10.5 Å². The van der Waals surface area contributed by atoms with Crippen molar-refractivity contribution in [3.05, 3.63) is 70.8 Å². The molecule has 2 nitrogen and oxygen atoms in total. The monoisotopic (exact) mass is 342 g/mol. The fraction of sp³-hybridized carbons (Fsp3) is 0.417.